The van der Waals surface area contributed by atoms with Crippen molar-refractivity contribution in [2.75, 3.05) is 0 Å². The van der Waals surface area contributed by atoms with Crippen molar-refractivity contribution in [3.8, 4) is 5.75 Å². The summed E-state index contributed by atoms with van der Waals surface area (Å²) in [7, 11) is 0. The molecule has 1 aromatic carbocycles. The van der Waals surface area contributed by atoms with Gasteiger partial charge >= 0.3 is 6.03 Å². The van der Waals surface area contributed by atoms with Crippen LogP contribution in [0.1, 0.15) is 25.0 Å². The molecular weight excluding hydrogens is 334 g/mol. The van der Waals surface area contributed by atoms with Crippen molar-refractivity contribution < 1.29 is 14.3 Å². The first-order chi connectivity index (χ1) is 12.3. The van der Waals surface area contributed by atoms with Crippen LogP contribution in [-0.2, 0) is 16.9 Å². The molecule has 136 valence electrons. The van der Waals surface area contributed by atoms with Crippen molar-refractivity contribution in [2.45, 2.75) is 39.0 Å². The molecular formula is C19H21N3O4. The Balaban J connectivity index is 2.03. The van der Waals surface area contributed by atoms with Crippen LogP contribution in [0.2, 0.25) is 0 Å². The third-order valence-electron chi connectivity index (χ3n) is 4.28. The van der Waals surface area contributed by atoms with E-state index in [1.54, 1.807) is 49.5 Å². The van der Waals surface area contributed by atoms with Crippen LogP contribution in [0.5, 0.6) is 5.75 Å². The molecule has 7 heteroatoms. The van der Waals surface area contributed by atoms with E-state index >= 15 is 0 Å². The van der Waals surface area contributed by atoms with Gasteiger partial charge in [-0.25, -0.2) is 4.79 Å². The minimum atomic E-state index is -1.36. The van der Waals surface area contributed by atoms with E-state index in [0.717, 1.165) is 0 Å². The zero-order chi connectivity index (χ0) is 18.9. The summed E-state index contributed by atoms with van der Waals surface area (Å²) in [5, 5.41) is 4.96. The quantitative estimate of drug-likeness (QED) is 0.799. The maximum atomic E-state index is 12.6. The molecule has 3 rings (SSSR count). The van der Waals surface area contributed by atoms with Crippen LogP contribution in [0.4, 0.5) is 4.79 Å². The summed E-state index contributed by atoms with van der Waals surface area (Å²) in [5.74, 6) is 0.171. The van der Waals surface area contributed by atoms with Crippen molar-refractivity contribution in [3.05, 3.63) is 64.1 Å². The molecule has 3 amide bonds. The van der Waals surface area contributed by atoms with Crippen molar-refractivity contribution >= 4 is 11.9 Å². The van der Waals surface area contributed by atoms with Gasteiger partial charge in [0.2, 0.25) is 0 Å². The van der Waals surface area contributed by atoms with Gasteiger partial charge in [0, 0.05) is 11.8 Å². The number of benzene rings is 1. The Hall–Kier alpha value is -3.09. The second kappa shape index (κ2) is 6.67. The predicted octanol–water partition coefficient (Wildman–Crippen LogP) is 1.68. The Kier molecular flexibility index (Phi) is 4.54. The second-order valence-corrected chi connectivity index (χ2v) is 6.63. The van der Waals surface area contributed by atoms with E-state index in [2.05, 4.69) is 10.6 Å². The molecule has 0 bridgehead atoms. The summed E-state index contributed by atoms with van der Waals surface area (Å²) in [6.45, 7) is 5.54. The fraction of sp³-hybridized carbons (Fsp3) is 0.316. The van der Waals surface area contributed by atoms with Crippen molar-refractivity contribution in [3.63, 3.8) is 0 Å². The molecule has 0 aliphatic carbocycles. The van der Waals surface area contributed by atoms with Gasteiger partial charge in [0.05, 0.1) is 12.6 Å². The Morgan fingerprint density at radius 1 is 1.12 bits per heavy atom. The van der Waals surface area contributed by atoms with Crippen LogP contribution in [0.3, 0.4) is 0 Å². The molecule has 1 aromatic heterocycles. The molecule has 7 nitrogen and oxygen atoms in total. The molecule has 1 atom stereocenters. The van der Waals surface area contributed by atoms with E-state index in [1.807, 2.05) is 13.8 Å². The van der Waals surface area contributed by atoms with Crippen LogP contribution in [0.15, 0.2) is 47.4 Å². The number of aryl methyl sites for hydroxylation is 1. The smallest absolute Gasteiger partial charge is 0.322 e. The van der Waals surface area contributed by atoms with Gasteiger partial charge in [0.25, 0.3) is 11.5 Å². The fourth-order valence-corrected chi connectivity index (χ4v) is 3.02. The molecule has 0 saturated carbocycles. The number of pyridine rings is 1. The molecule has 2 N–H and O–H groups in total. The lowest BCUT2D eigenvalue weighted by Gasteiger charge is -2.27. The monoisotopic (exact) mass is 355 g/mol. The van der Waals surface area contributed by atoms with E-state index in [1.165, 1.54) is 4.57 Å². The maximum absolute atomic E-state index is 12.6. The zero-order valence-electron chi connectivity index (χ0n) is 14.9. The first-order valence-corrected chi connectivity index (χ1v) is 8.39. The first-order valence-electron chi connectivity index (χ1n) is 8.39. The van der Waals surface area contributed by atoms with E-state index < -0.39 is 17.5 Å². The third-order valence-corrected chi connectivity index (χ3v) is 4.28. The highest BCUT2D eigenvalue weighted by Gasteiger charge is 2.48. The molecule has 1 fully saturated rings. The Morgan fingerprint density at radius 3 is 2.38 bits per heavy atom. The van der Waals surface area contributed by atoms with E-state index in [-0.39, 0.29) is 18.2 Å². The standard InChI is InChI=1S/C19H21N3O4/c1-12(2)26-15-8-6-14(7-9-15)19(17(24)20-18(25)21-19)11-22-10-4-5-13(3)16(22)23/h4-10,12H,11H2,1-3H3,(H2,20,21,24,25). The van der Waals surface area contributed by atoms with Crippen molar-refractivity contribution in [1.29, 1.82) is 0 Å². The number of ether oxygens (including phenoxy) is 1. The number of rotatable bonds is 5. The molecule has 1 aliphatic heterocycles. The highest BCUT2D eigenvalue weighted by atomic mass is 16.5. The number of urea groups is 1. The number of imide groups is 1. The second-order valence-electron chi connectivity index (χ2n) is 6.63. The van der Waals surface area contributed by atoms with Gasteiger partial charge in [-0.2, -0.15) is 0 Å². The molecule has 1 saturated heterocycles. The average Bonchev–Trinajstić information content (AvgIpc) is 2.86. The minimum Gasteiger partial charge on any atom is -0.491 e. The predicted molar refractivity (Wildman–Crippen MR) is 96.0 cm³/mol. The number of nitrogens with zero attached hydrogens (tertiary/aromatic N) is 1. The van der Waals surface area contributed by atoms with Gasteiger partial charge in [-0.05, 0) is 44.5 Å². The van der Waals surface area contributed by atoms with Gasteiger partial charge in [0.15, 0.2) is 5.54 Å². The summed E-state index contributed by atoms with van der Waals surface area (Å²) in [6, 6.07) is 9.79. The largest absolute Gasteiger partial charge is 0.491 e. The normalized spacial score (nSPS) is 19.4. The highest BCUT2D eigenvalue weighted by molar-refractivity contribution is 6.07. The number of hydrogen-bond donors (Lipinski definition) is 2. The zero-order valence-corrected chi connectivity index (χ0v) is 14.9. The number of aromatic nitrogens is 1. The Morgan fingerprint density at radius 2 is 1.81 bits per heavy atom. The summed E-state index contributed by atoms with van der Waals surface area (Å²) in [5.41, 5.74) is -0.426. The molecule has 26 heavy (non-hydrogen) atoms. The van der Waals surface area contributed by atoms with E-state index in [4.69, 9.17) is 4.74 Å². The highest BCUT2D eigenvalue weighted by Crippen LogP contribution is 2.28. The number of amides is 3. The number of carbonyl (C=O) groups is 2. The lowest BCUT2D eigenvalue weighted by molar-refractivity contribution is -0.124. The molecule has 0 spiro atoms. The van der Waals surface area contributed by atoms with Crippen molar-refractivity contribution in [2.24, 2.45) is 0 Å². The van der Waals surface area contributed by atoms with Gasteiger partial charge in [-0.15, -0.1) is 0 Å². The SMILES string of the molecule is Cc1cccn(CC2(c3ccc(OC(C)C)cc3)NC(=O)NC2=O)c1=O. The molecule has 2 heterocycles. The maximum Gasteiger partial charge on any atom is 0.322 e. The molecule has 1 aliphatic rings. The van der Waals surface area contributed by atoms with Crippen LogP contribution >= 0.6 is 0 Å². The average molecular weight is 355 g/mol. The fourth-order valence-electron chi connectivity index (χ4n) is 3.02. The number of nitrogens with one attached hydrogen (secondary N) is 2. The van der Waals surface area contributed by atoms with Crippen LogP contribution in [0.25, 0.3) is 0 Å². The number of hydrogen-bond acceptors (Lipinski definition) is 4. The van der Waals surface area contributed by atoms with Crippen LogP contribution in [0, 0.1) is 6.92 Å². The minimum absolute atomic E-state index is 0.00449. The third kappa shape index (κ3) is 3.20. The lowest BCUT2D eigenvalue weighted by Crippen LogP contribution is -2.49. The molecule has 2 aromatic rings. The first kappa shape index (κ1) is 17.7. The van der Waals surface area contributed by atoms with Gasteiger partial charge in [-0.3, -0.25) is 14.9 Å². The van der Waals surface area contributed by atoms with Gasteiger partial charge in [0.1, 0.15) is 5.75 Å². The molecule has 1 unspecified atom stereocenters. The summed E-state index contributed by atoms with van der Waals surface area (Å²) in [4.78, 5) is 36.9. The Bertz CT molecular complexity index is 902. The van der Waals surface area contributed by atoms with Crippen LogP contribution < -0.4 is 20.9 Å². The Labute approximate surface area is 151 Å². The molecule has 0 radical (unpaired) electrons. The number of carbonyl (C=O) groups excluding carboxylic acids is 2. The topological polar surface area (TPSA) is 89.4 Å². The van der Waals surface area contributed by atoms with E-state index in [9.17, 15) is 14.4 Å². The summed E-state index contributed by atoms with van der Waals surface area (Å²) in [6.07, 6.45) is 1.63. The van der Waals surface area contributed by atoms with Gasteiger partial charge < -0.3 is 14.6 Å². The summed E-state index contributed by atoms with van der Waals surface area (Å²) >= 11 is 0. The van der Waals surface area contributed by atoms with E-state index in [0.29, 0.717) is 16.9 Å². The van der Waals surface area contributed by atoms with Crippen LogP contribution in [-0.4, -0.2) is 22.6 Å². The lowest BCUT2D eigenvalue weighted by atomic mass is 9.89. The van der Waals surface area contributed by atoms with Gasteiger partial charge in [-0.1, -0.05) is 18.2 Å². The summed E-state index contributed by atoms with van der Waals surface area (Å²) < 4.78 is 7.05. The van der Waals surface area contributed by atoms with Crippen molar-refractivity contribution in [1.82, 2.24) is 15.2 Å².